The maximum absolute atomic E-state index is 14.0. The molecule has 7 amide bonds. The smallest absolute Gasteiger partial charge is 0.340 e. The third-order valence-electron chi connectivity index (χ3n) is 24.0. The Morgan fingerprint density at radius 3 is 0.956 bits per heavy atom. The molecule has 4 aliphatic rings. The molecule has 0 radical (unpaired) electrons. The van der Waals surface area contributed by atoms with Gasteiger partial charge in [0, 0.05) is 165 Å². The van der Waals surface area contributed by atoms with E-state index in [2.05, 4.69) is 49.4 Å². The van der Waals surface area contributed by atoms with Crippen molar-refractivity contribution in [3.63, 3.8) is 0 Å². The number of unbranched alkanes of at least 4 members (excludes halogenated alkanes) is 10. The molecule has 13 rings (SSSR count). The fraction of sp³-hybridized carbons (Fsp3) is 0.411. The van der Waals surface area contributed by atoms with Gasteiger partial charge in [0.05, 0.1) is 32.8 Å². The van der Waals surface area contributed by atoms with E-state index in [0.717, 1.165) is 72.9 Å². The van der Waals surface area contributed by atoms with Crippen molar-refractivity contribution < 1.29 is 100 Å². The van der Waals surface area contributed by atoms with Crippen LogP contribution in [0.25, 0.3) is 21.5 Å². The summed E-state index contributed by atoms with van der Waals surface area (Å²) in [7, 11) is 0. The number of esters is 6. The summed E-state index contributed by atoms with van der Waals surface area (Å²) >= 11 is 0. The van der Waals surface area contributed by atoms with Gasteiger partial charge < -0.3 is 80.0 Å². The Morgan fingerprint density at radius 1 is 0.301 bits per heavy atom. The number of hydrogen-bond donors (Lipinski definition) is 7. The number of fused-ring (bicyclic) bond motifs is 14. The Hall–Kier alpha value is -13.8. The first-order valence-electron chi connectivity index (χ1n) is 46.9. The fourth-order valence-electron chi connectivity index (χ4n) is 16.4. The van der Waals surface area contributed by atoms with E-state index >= 15 is 0 Å². The number of rotatable bonds is 40. The van der Waals surface area contributed by atoms with Crippen LogP contribution in [0.4, 0.5) is 11.4 Å². The molecule has 0 aromatic heterocycles. The van der Waals surface area contributed by atoms with Crippen LogP contribution < -0.4 is 65.6 Å². The van der Waals surface area contributed by atoms with Gasteiger partial charge in [0.15, 0.2) is 11.2 Å². The molecule has 4 heterocycles. The van der Waals surface area contributed by atoms with Gasteiger partial charge in [-0.15, -0.1) is 0 Å². The quantitative estimate of drug-likeness (QED) is 0.00811. The van der Waals surface area contributed by atoms with Gasteiger partial charge in [0.2, 0.25) is 35.4 Å². The van der Waals surface area contributed by atoms with Crippen LogP contribution in [0, 0.1) is 21.7 Å². The molecule has 2 spiro atoms. The Bertz CT molecular complexity index is 5640. The van der Waals surface area contributed by atoms with Crippen LogP contribution in [-0.2, 0) is 68.6 Å². The van der Waals surface area contributed by atoms with Crippen molar-refractivity contribution in [3.05, 3.63) is 214 Å². The lowest BCUT2D eigenvalue weighted by Crippen LogP contribution is -2.40. The van der Waals surface area contributed by atoms with Gasteiger partial charge in [-0.25, -0.2) is 9.59 Å². The van der Waals surface area contributed by atoms with Gasteiger partial charge in [0.1, 0.15) is 46.0 Å². The van der Waals surface area contributed by atoms with Crippen LogP contribution in [-0.4, -0.2) is 134 Å². The summed E-state index contributed by atoms with van der Waals surface area (Å²) in [6.07, 6.45) is 10.4. The summed E-state index contributed by atoms with van der Waals surface area (Å²) in [5, 5.41) is 24.5. The molecule has 0 fully saturated rings. The highest BCUT2D eigenvalue weighted by Crippen LogP contribution is 2.60. The van der Waals surface area contributed by atoms with Crippen LogP contribution in [0.2, 0.25) is 0 Å². The highest BCUT2D eigenvalue weighted by molar-refractivity contribution is 6.04. The Morgan fingerprint density at radius 2 is 0.610 bits per heavy atom. The molecule has 716 valence electrons. The van der Waals surface area contributed by atoms with E-state index in [1.165, 1.54) is 0 Å². The molecule has 29 nitrogen and oxygen atoms in total. The third-order valence-corrected chi connectivity index (χ3v) is 24.0. The monoisotopic (exact) mass is 1850 g/mol. The predicted octanol–water partition coefficient (Wildman–Crippen LogP) is 17.7. The Balaban J connectivity index is 0.496. The van der Waals surface area contributed by atoms with Gasteiger partial charge in [-0.2, -0.15) is 0 Å². The second-order valence-corrected chi connectivity index (χ2v) is 39.2. The van der Waals surface area contributed by atoms with Crippen LogP contribution in [0.15, 0.2) is 164 Å². The molecule has 9 aromatic rings. The average Bonchev–Trinajstić information content (AvgIpc) is 1.54. The molecule has 0 aliphatic carbocycles. The summed E-state index contributed by atoms with van der Waals surface area (Å²) in [6, 6.07) is 47.2. The number of nitrogens with zero attached hydrogens (tertiary/aromatic N) is 1. The van der Waals surface area contributed by atoms with Crippen LogP contribution in [0.5, 0.6) is 46.0 Å². The van der Waals surface area contributed by atoms with E-state index in [9.17, 15) is 62.3 Å². The van der Waals surface area contributed by atoms with Crippen molar-refractivity contribution in [2.45, 2.75) is 210 Å². The number of amides is 7. The number of nitrogens with one attached hydrogen (secondary N) is 7. The molecule has 0 saturated carbocycles. The SMILES string of the molecule is CC(C)(C)C(=O)Oc1ccc2c(c1)Oc1cc(OC(=O)C(C)(C)C)ccc1C21OC(=O)c2cc(NC(=O)CCCCCCCCC(=O)NCCNC(=O)CCN(CCNC(=O)c3ccc4cc5ccccc5cc4c3)CCC(=O)NCCNC(=O)CCCCCCCCC(=O)Nc3ccc4c(c3)C(=O)OC43c4ccc(OC(=O)C(C)(C)C)cc4Oc4cc(OC(=O)C(C)(C)C)ccc43)ccc21. The Labute approximate surface area is 792 Å². The lowest BCUT2D eigenvalue weighted by atomic mass is 9.77. The summed E-state index contributed by atoms with van der Waals surface area (Å²) in [4.78, 5) is 174. The predicted molar refractivity (Wildman–Crippen MR) is 512 cm³/mol. The summed E-state index contributed by atoms with van der Waals surface area (Å²) in [6.45, 7) is 22.8. The lowest BCUT2D eigenvalue weighted by molar-refractivity contribution is -0.143. The van der Waals surface area contributed by atoms with Crippen molar-refractivity contribution in [2.24, 2.45) is 21.7 Å². The molecule has 0 saturated heterocycles. The van der Waals surface area contributed by atoms with Crippen molar-refractivity contribution in [3.8, 4) is 46.0 Å². The molecule has 0 unspecified atom stereocenters. The zero-order chi connectivity index (χ0) is 97.4. The van der Waals surface area contributed by atoms with Crippen molar-refractivity contribution >= 4 is 110 Å². The van der Waals surface area contributed by atoms with Gasteiger partial charge in [-0.05, 0) is 227 Å². The van der Waals surface area contributed by atoms with Gasteiger partial charge in [-0.3, -0.25) is 52.7 Å². The number of carbonyl (C=O) groups is 13. The number of carbonyl (C=O) groups excluding carboxylic acids is 13. The first kappa shape index (κ1) is 99.6. The second-order valence-electron chi connectivity index (χ2n) is 39.2. The third kappa shape index (κ3) is 24.8. The first-order chi connectivity index (χ1) is 64.7. The minimum Gasteiger partial charge on any atom is -0.456 e. The molecular formula is C107H122N8O21. The fourth-order valence-corrected chi connectivity index (χ4v) is 16.4. The number of anilines is 2. The standard InChI is InChI=1S/C107H122N8O21/c1-102(2,3)98(125)129-73-37-43-81-85(62-73)133-86-63-74(130-99(126)103(4,5)6)38-44-82(86)106(81)79-41-35-71(60-77(79)96(123)135-106)113-93(120)31-23-19-15-13-17-21-29-89(116)108-49-51-110-91(118)47-54-115(56-53-112-95(122)69-34-33-68-57-66-27-25-26-28-67(66)58-70(68)59-69)55-48-92(119)111-52-50-109-90(117)30-22-18-14-16-20-24-32-94(121)114-72-36-42-80-78(61-72)97(124)136-107(80)83-45-39-75(131-100(127)104(7,8)9)64-87(83)134-88-65-76(40-46-84(88)107)132-101(128)105(10,11)12/h25-28,33-46,57-65H,13-24,29-32,47-56H2,1-12H3,(H,108,116)(H,109,117)(H,110,118)(H,111,119)(H,112,122)(H,113,120)(H,114,121). The average molecular weight is 1860 g/mol. The first-order valence-corrected chi connectivity index (χ1v) is 46.9. The molecular weight excluding hydrogens is 1730 g/mol. The zero-order valence-electron chi connectivity index (χ0n) is 79.5. The van der Waals surface area contributed by atoms with Gasteiger partial charge in [-0.1, -0.05) is 93.8 Å². The molecule has 0 atom stereocenters. The molecule has 4 aliphatic heterocycles. The minimum absolute atomic E-state index is 0.0872. The van der Waals surface area contributed by atoms with E-state index < -0.39 is 68.7 Å². The summed E-state index contributed by atoms with van der Waals surface area (Å²) in [5.41, 5.74) is -1.67. The van der Waals surface area contributed by atoms with Crippen LogP contribution in [0.1, 0.15) is 263 Å². The van der Waals surface area contributed by atoms with E-state index in [0.29, 0.717) is 95.4 Å². The Kier molecular flexibility index (Phi) is 31.7. The summed E-state index contributed by atoms with van der Waals surface area (Å²) in [5.74, 6) is -2.82. The zero-order valence-corrected chi connectivity index (χ0v) is 79.5. The highest BCUT2D eigenvalue weighted by atomic mass is 16.6. The van der Waals surface area contributed by atoms with E-state index in [1.54, 1.807) is 198 Å². The minimum atomic E-state index is -1.52. The van der Waals surface area contributed by atoms with Crippen molar-refractivity contribution in [1.29, 1.82) is 0 Å². The molecule has 0 bridgehead atoms. The van der Waals surface area contributed by atoms with Crippen molar-refractivity contribution in [2.75, 3.05) is 63.0 Å². The molecule has 9 aromatic carbocycles. The normalized spacial score (nSPS) is 13.5. The van der Waals surface area contributed by atoms with E-state index in [-0.39, 0.29) is 170 Å². The number of benzene rings is 9. The number of hydrogen-bond acceptors (Lipinski definition) is 22. The topological polar surface area (TPSA) is 383 Å². The van der Waals surface area contributed by atoms with E-state index in [1.807, 2.05) is 41.3 Å². The highest BCUT2D eigenvalue weighted by Gasteiger charge is 2.56. The largest absolute Gasteiger partial charge is 0.456 e. The molecule has 136 heavy (non-hydrogen) atoms. The molecule has 7 N–H and O–H groups in total. The summed E-state index contributed by atoms with van der Waals surface area (Å²) < 4.78 is 48.5. The van der Waals surface area contributed by atoms with Gasteiger partial charge in [0.25, 0.3) is 5.91 Å². The van der Waals surface area contributed by atoms with E-state index in [4.69, 9.17) is 37.9 Å². The lowest BCUT2D eigenvalue weighted by Gasteiger charge is -2.36. The number of ether oxygens (including phenoxy) is 8. The second kappa shape index (κ2) is 43.2. The molecule has 29 heteroatoms. The maximum Gasteiger partial charge on any atom is 0.340 e. The maximum atomic E-state index is 14.0. The van der Waals surface area contributed by atoms with Crippen molar-refractivity contribution in [1.82, 2.24) is 31.5 Å². The van der Waals surface area contributed by atoms with Crippen LogP contribution >= 0.6 is 0 Å². The van der Waals surface area contributed by atoms with Crippen LogP contribution in [0.3, 0.4) is 0 Å². The van der Waals surface area contributed by atoms with Gasteiger partial charge >= 0.3 is 35.8 Å².